The highest BCUT2D eigenvalue weighted by Crippen LogP contribution is 2.27. The van der Waals surface area contributed by atoms with Crippen LogP contribution in [0.1, 0.15) is 24.1 Å². The third-order valence-corrected chi connectivity index (χ3v) is 2.70. The molecular formula is C10H17ClN4O. The number of aromatic nitrogens is 2. The van der Waals surface area contributed by atoms with Gasteiger partial charge in [0.15, 0.2) is 0 Å². The fraction of sp³-hybridized carbons (Fsp3) is 0.600. The number of hydrogen-bond acceptors (Lipinski definition) is 3. The van der Waals surface area contributed by atoms with E-state index in [-0.39, 0.29) is 18.3 Å². The minimum absolute atomic E-state index is 0. The Bertz CT molecular complexity index is 388. The van der Waals surface area contributed by atoms with Crippen molar-refractivity contribution >= 4 is 24.1 Å². The van der Waals surface area contributed by atoms with Gasteiger partial charge in [-0.1, -0.05) is 0 Å². The fourth-order valence-corrected chi connectivity index (χ4v) is 2.00. The van der Waals surface area contributed by atoms with Crippen LogP contribution in [-0.4, -0.2) is 22.2 Å². The molecule has 1 amide bonds. The Morgan fingerprint density at radius 3 is 3.00 bits per heavy atom. The largest absolute Gasteiger partial charge is 0.330 e. The highest BCUT2D eigenvalue weighted by atomic mass is 35.5. The van der Waals surface area contributed by atoms with Gasteiger partial charge in [0, 0.05) is 25.6 Å². The first-order valence-electron chi connectivity index (χ1n) is 5.27. The van der Waals surface area contributed by atoms with Gasteiger partial charge in [-0.3, -0.25) is 9.48 Å². The van der Waals surface area contributed by atoms with Crippen LogP contribution >= 0.6 is 12.4 Å². The lowest BCUT2D eigenvalue weighted by atomic mass is 10.2. The molecule has 0 aromatic carbocycles. The van der Waals surface area contributed by atoms with Crippen LogP contribution in [-0.2, 0) is 24.7 Å². The molecule has 0 atom stereocenters. The van der Waals surface area contributed by atoms with E-state index in [1.54, 1.807) is 4.68 Å². The molecule has 1 aliphatic rings. The Labute approximate surface area is 101 Å². The molecule has 16 heavy (non-hydrogen) atoms. The molecule has 5 nitrogen and oxygen atoms in total. The summed E-state index contributed by atoms with van der Waals surface area (Å²) in [5, 5.41) is 7.25. The van der Waals surface area contributed by atoms with Crippen LogP contribution in [0.15, 0.2) is 0 Å². The maximum atomic E-state index is 11.4. The van der Waals surface area contributed by atoms with Crippen molar-refractivity contribution in [2.24, 2.45) is 12.8 Å². The van der Waals surface area contributed by atoms with Gasteiger partial charge in [0.1, 0.15) is 5.82 Å². The smallest absolute Gasteiger partial charge is 0.226 e. The van der Waals surface area contributed by atoms with Gasteiger partial charge in [0.05, 0.1) is 5.69 Å². The van der Waals surface area contributed by atoms with Crippen LogP contribution in [0, 0.1) is 0 Å². The molecule has 2 rings (SSSR count). The number of carbonyl (C=O) groups is 1. The molecule has 0 saturated heterocycles. The molecule has 0 fully saturated rings. The van der Waals surface area contributed by atoms with E-state index in [1.807, 2.05) is 7.05 Å². The Balaban J connectivity index is 0.00000128. The molecule has 0 unspecified atom stereocenters. The summed E-state index contributed by atoms with van der Waals surface area (Å²) >= 11 is 0. The van der Waals surface area contributed by atoms with Crippen LogP contribution in [0.2, 0.25) is 0 Å². The number of rotatable bonds is 3. The quantitative estimate of drug-likeness (QED) is 0.819. The van der Waals surface area contributed by atoms with Crippen LogP contribution in [0.25, 0.3) is 0 Å². The maximum absolute atomic E-state index is 11.4. The van der Waals surface area contributed by atoms with Crippen LogP contribution in [0.3, 0.4) is 0 Å². The predicted octanol–water partition coefficient (Wildman–Crippen LogP) is 0.618. The monoisotopic (exact) mass is 244 g/mol. The molecule has 1 aliphatic carbocycles. The molecular weight excluding hydrogens is 228 g/mol. The second kappa shape index (κ2) is 5.32. The average molecular weight is 245 g/mol. The van der Waals surface area contributed by atoms with Crippen molar-refractivity contribution in [1.82, 2.24) is 9.78 Å². The molecule has 1 aromatic rings. The van der Waals surface area contributed by atoms with E-state index in [0.29, 0.717) is 13.0 Å². The van der Waals surface area contributed by atoms with Crippen molar-refractivity contribution in [2.75, 3.05) is 11.9 Å². The third kappa shape index (κ3) is 2.36. The molecule has 90 valence electrons. The Hall–Kier alpha value is -1.07. The number of amides is 1. The minimum Gasteiger partial charge on any atom is -0.330 e. The zero-order valence-corrected chi connectivity index (χ0v) is 10.1. The first-order valence-corrected chi connectivity index (χ1v) is 5.27. The molecule has 0 saturated carbocycles. The summed E-state index contributed by atoms with van der Waals surface area (Å²) in [6.45, 7) is 0.381. The van der Waals surface area contributed by atoms with Crippen LogP contribution < -0.4 is 11.1 Å². The zero-order chi connectivity index (χ0) is 10.8. The van der Waals surface area contributed by atoms with E-state index in [1.165, 1.54) is 5.56 Å². The molecule has 6 heteroatoms. The summed E-state index contributed by atoms with van der Waals surface area (Å²) in [6, 6.07) is 0. The van der Waals surface area contributed by atoms with Crippen molar-refractivity contribution in [3.8, 4) is 0 Å². The van der Waals surface area contributed by atoms with E-state index in [0.717, 1.165) is 30.8 Å². The van der Waals surface area contributed by atoms with Crippen molar-refractivity contribution in [1.29, 1.82) is 0 Å². The molecule has 1 heterocycles. The van der Waals surface area contributed by atoms with Gasteiger partial charge < -0.3 is 11.1 Å². The highest BCUT2D eigenvalue weighted by molar-refractivity contribution is 5.90. The second-order valence-electron chi connectivity index (χ2n) is 3.84. The summed E-state index contributed by atoms with van der Waals surface area (Å²) in [4.78, 5) is 11.4. The lowest BCUT2D eigenvalue weighted by Gasteiger charge is -2.06. The number of aryl methyl sites for hydroxylation is 2. The fourth-order valence-electron chi connectivity index (χ4n) is 2.00. The molecule has 0 radical (unpaired) electrons. The van der Waals surface area contributed by atoms with Gasteiger partial charge in [0.2, 0.25) is 5.91 Å². The van der Waals surface area contributed by atoms with E-state index in [2.05, 4.69) is 10.4 Å². The average Bonchev–Trinajstić information content (AvgIpc) is 2.71. The van der Waals surface area contributed by atoms with Crippen molar-refractivity contribution in [3.63, 3.8) is 0 Å². The van der Waals surface area contributed by atoms with E-state index < -0.39 is 0 Å². The number of nitrogens with zero attached hydrogens (tertiary/aromatic N) is 2. The Morgan fingerprint density at radius 1 is 1.56 bits per heavy atom. The molecule has 3 N–H and O–H groups in total. The van der Waals surface area contributed by atoms with Crippen LogP contribution in [0.4, 0.5) is 5.82 Å². The van der Waals surface area contributed by atoms with Gasteiger partial charge >= 0.3 is 0 Å². The summed E-state index contributed by atoms with van der Waals surface area (Å²) in [5.41, 5.74) is 7.65. The predicted molar refractivity (Wildman–Crippen MR) is 64.8 cm³/mol. The summed E-state index contributed by atoms with van der Waals surface area (Å²) in [5.74, 6) is 0.816. The number of carbonyl (C=O) groups excluding carboxylic acids is 1. The zero-order valence-electron chi connectivity index (χ0n) is 9.32. The minimum atomic E-state index is -0.0322. The number of hydrogen-bond donors (Lipinski definition) is 2. The van der Waals surface area contributed by atoms with Crippen molar-refractivity contribution in [2.45, 2.75) is 25.7 Å². The molecule has 0 bridgehead atoms. The van der Waals surface area contributed by atoms with Gasteiger partial charge in [-0.15, -0.1) is 12.4 Å². The Kier molecular flexibility index (Phi) is 4.32. The first kappa shape index (κ1) is 13.0. The maximum Gasteiger partial charge on any atom is 0.226 e. The molecule has 0 spiro atoms. The molecule has 0 aliphatic heterocycles. The summed E-state index contributed by atoms with van der Waals surface area (Å²) in [6.07, 6.45) is 3.54. The highest BCUT2D eigenvalue weighted by Gasteiger charge is 2.21. The summed E-state index contributed by atoms with van der Waals surface area (Å²) in [7, 11) is 1.86. The van der Waals surface area contributed by atoms with Gasteiger partial charge in [-0.25, -0.2) is 0 Å². The first-order chi connectivity index (χ1) is 7.22. The number of anilines is 1. The van der Waals surface area contributed by atoms with Gasteiger partial charge in [-0.05, 0) is 19.3 Å². The van der Waals surface area contributed by atoms with E-state index >= 15 is 0 Å². The van der Waals surface area contributed by atoms with Gasteiger partial charge in [0.25, 0.3) is 0 Å². The van der Waals surface area contributed by atoms with Crippen LogP contribution in [0.5, 0.6) is 0 Å². The lowest BCUT2D eigenvalue weighted by molar-refractivity contribution is -0.116. The molecule has 1 aromatic heterocycles. The number of fused-ring (bicyclic) bond motifs is 1. The third-order valence-electron chi connectivity index (χ3n) is 2.70. The van der Waals surface area contributed by atoms with E-state index in [9.17, 15) is 4.79 Å². The standard InChI is InChI=1S/C10H16N4O.ClH/c1-14-10(12-9(15)5-6-11)7-3-2-4-8(7)13-14;/h2-6,11H2,1H3,(H,12,15);1H. The lowest BCUT2D eigenvalue weighted by Crippen LogP contribution is -2.18. The Morgan fingerprint density at radius 2 is 2.31 bits per heavy atom. The number of nitrogens with two attached hydrogens (primary N) is 1. The topological polar surface area (TPSA) is 72.9 Å². The van der Waals surface area contributed by atoms with E-state index in [4.69, 9.17) is 5.73 Å². The summed E-state index contributed by atoms with van der Waals surface area (Å²) < 4.78 is 1.75. The van der Waals surface area contributed by atoms with Crippen molar-refractivity contribution < 1.29 is 4.79 Å². The van der Waals surface area contributed by atoms with Crippen molar-refractivity contribution in [3.05, 3.63) is 11.3 Å². The SMILES string of the molecule is Cl.Cn1nc2c(c1NC(=O)CCN)CCC2. The van der Waals surface area contributed by atoms with Gasteiger partial charge in [-0.2, -0.15) is 5.10 Å². The number of nitrogens with one attached hydrogen (secondary N) is 1. The normalized spacial score (nSPS) is 13.1. The number of halogens is 1. The second-order valence-corrected chi connectivity index (χ2v) is 3.84.